The Morgan fingerprint density at radius 1 is 1.28 bits per heavy atom. The van der Waals surface area contributed by atoms with Crippen molar-refractivity contribution in [3.63, 3.8) is 0 Å². The molecule has 2 aromatic rings. The van der Waals surface area contributed by atoms with E-state index >= 15 is 0 Å². The molecule has 32 heavy (non-hydrogen) atoms. The lowest BCUT2D eigenvalue weighted by molar-refractivity contribution is -0.139. The van der Waals surface area contributed by atoms with Crippen molar-refractivity contribution in [2.24, 2.45) is 5.92 Å². The van der Waals surface area contributed by atoms with Gasteiger partial charge in [-0.25, -0.2) is 9.78 Å². The van der Waals surface area contributed by atoms with E-state index in [0.717, 1.165) is 56.8 Å². The number of rotatable bonds is 9. The minimum absolute atomic E-state index is 0.228. The van der Waals surface area contributed by atoms with E-state index in [1.54, 1.807) is 18.2 Å². The Kier molecular flexibility index (Phi) is 7.32. The first-order valence-corrected chi connectivity index (χ1v) is 11.5. The topological polar surface area (TPSA) is 107 Å². The van der Waals surface area contributed by atoms with Gasteiger partial charge in [0.25, 0.3) is 5.91 Å². The molecule has 2 aliphatic heterocycles. The van der Waals surface area contributed by atoms with Gasteiger partial charge in [-0.3, -0.25) is 9.78 Å². The number of fused-ring (bicyclic) bond motifs is 1. The van der Waals surface area contributed by atoms with Gasteiger partial charge in [-0.1, -0.05) is 12.1 Å². The first-order chi connectivity index (χ1) is 15.6. The van der Waals surface area contributed by atoms with Crippen LogP contribution in [0.5, 0.6) is 0 Å². The molecule has 0 radical (unpaired) electrons. The third-order valence-corrected chi connectivity index (χ3v) is 6.37. The number of hydrogen-bond donors (Lipinski definition) is 3. The number of aryl methyl sites for hydroxylation is 2. The van der Waals surface area contributed by atoms with Gasteiger partial charge in [0.2, 0.25) is 0 Å². The summed E-state index contributed by atoms with van der Waals surface area (Å²) < 4.78 is 0. The number of carbonyl (C=O) groups excluding carboxylic acids is 1. The standard InChI is InChI=1S/C24H31N5O3/c30-23(20-5-1-2-12-25-20)28-21(24(31)32)11-15-29-14-10-17(16-29)6-8-19-9-7-18-4-3-13-26-22(18)27-19/h1-2,5,7,9,12,17,21H,3-4,6,8,10-11,13-16H2,(H,26,27)(H,28,30)(H,31,32)/t17-,21?/m1/s1. The largest absolute Gasteiger partial charge is 0.480 e. The second kappa shape index (κ2) is 10.5. The minimum atomic E-state index is -1.02. The van der Waals surface area contributed by atoms with Gasteiger partial charge in [0, 0.05) is 31.5 Å². The van der Waals surface area contributed by atoms with E-state index in [2.05, 4.69) is 32.7 Å². The van der Waals surface area contributed by atoms with Crippen molar-refractivity contribution in [2.45, 2.75) is 44.6 Å². The number of carboxylic acids is 1. The van der Waals surface area contributed by atoms with Gasteiger partial charge in [-0.2, -0.15) is 0 Å². The van der Waals surface area contributed by atoms with Crippen LogP contribution in [0, 0.1) is 5.92 Å². The second-order valence-corrected chi connectivity index (χ2v) is 8.70. The molecule has 0 aromatic carbocycles. The van der Waals surface area contributed by atoms with Gasteiger partial charge in [0.15, 0.2) is 0 Å². The van der Waals surface area contributed by atoms with Crippen molar-refractivity contribution >= 4 is 17.7 Å². The number of pyridine rings is 2. The molecule has 4 heterocycles. The van der Waals surface area contributed by atoms with E-state index in [1.807, 2.05) is 0 Å². The number of nitrogens with one attached hydrogen (secondary N) is 2. The molecule has 8 nitrogen and oxygen atoms in total. The number of amides is 1. The number of hydrogen-bond acceptors (Lipinski definition) is 6. The summed E-state index contributed by atoms with van der Waals surface area (Å²) in [4.78, 5) is 35.0. The van der Waals surface area contributed by atoms with Crippen LogP contribution in [-0.4, -0.2) is 64.1 Å². The fourth-order valence-corrected chi connectivity index (χ4v) is 4.51. The maximum Gasteiger partial charge on any atom is 0.326 e. The van der Waals surface area contributed by atoms with Crippen LogP contribution >= 0.6 is 0 Å². The van der Waals surface area contributed by atoms with Crippen molar-refractivity contribution in [1.82, 2.24) is 20.2 Å². The summed E-state index contributed by atoms with van der Waals surface area (Å²) in [5.41, 5.74) is 2.68. The molecule has 1 saturated heterocycles. The summed E-state index contributed by atoms with van der Waals surface area (Å²) in [6.07, 6.45) is 7.33. The molecular formula is C24H31N5O3. The van der Waals surface area contributed by atoms with E-state index in [-0.39, 0.29) is 5.69 Å². The molecule has 0 bridgehead atoms. The molecule has 2 aromatic heterocycles. The molecule has 1 fully saturated rings. The van der Waals surface area contributed by atoms with Crippen LogP contribution in [-0.2, 0) is 17.6 Å². The summed E-state index contributed by atoms with van der Waals surface area (Å²) in [6.45, 7) is 3.58. The van der Waals surface area contributed by atoms with Crippen LogP contribution in [0.1, 0.15) is 47.4 Å². The average molecular weight is 438 g/mol. The van der Waals surface area contributed by atoms with Gasteiger partial charge >= 0.3 is 5.97 Å². The first kappa shape index (κ1) is 22.2. The van der Waals surface area contributed by atoms with E-state index in [9.17, 15) is 14.7 Å². The molecule has 1 amide bonds. The van der Waals surface area contributed by atoms with Crippen molar-refractivity contribution in [2.75, 3.05) is 31.5 Å². The van der Waals surface area contributed by atoms with Crippen LogP contribution < -0.4 is 10.6 Å². The number of likely N-dealkylation sites (tertiary alicyclic amines) is 1. The Hall–Kier alpha value is -3.00. The third-order valence-electron chi connectivity index (χ3n) is 6.37. The lowest BCUT2D eigenvalue weighted by Crippen LogP contribution is -2.43. The lowest BCUT2D eigenvalue weighted by Gasteiger charge is -2.20. The Bertz CT molecular complexity index is 936. The molecular weight excluding hydrogens is 406 g/mol. The predicted octanol–water partition coefficient (Wildman–Crippen LogP) is 2.36. The van der Waals surface area contributed by atoms with E-state index < -0.39 is 17.9 Å². The van der Waals surface area contributed by atoms with E-state index in [1.165, 1.54) is 18.2 Å². The Labute approximate surface area is 188 Å². The zero-order chi connectivity index (χ0) is 22.3. The van der Waals surface area contributed by atoms with E-state index in [4.69, 9.17) is 4.98 Å². The minimum Gasteiger partial charge on any atom is -0.480 e. The monoisotopic (exact) mass is 437 g/mol. The summed E-state index contributed by atoms with van der Waals surface area (Å²) in [5.74, 6) is 0.169. The highest BCUT2D eigenvalue weighted by Gasteiger charge is 2.26. The van der Waals surface area contributed by atoms with Crippen LogP contribution in [0.3, 0.4) is 0 Å². The highest BCUT2D eigenvalue weighted by molar-refractivity contribution is 5.94. The Morgan fingerprint density at radius 3 is 3.00 bits per heavy atom. The molecule has 4 rings (SSSR count). The van der Waals surface area contributed by atoms with Crippen LogP contribution in [0.25, 0.3) is 0 Å². The quantitative estimate of drug-likeness (QED) is 0.553. The smallest absolute Gasteiger partial charge is 0.326 e. The number of carboxylic acid groups (broad SMARTS) is 1. The van der Waals surface area contributed by atoms with Gasteiger partial charge in [0.05, 0.1) is 0 Å². The average Bonchev–Trinajstić information content (AvgIpc) is 3.28. The van der Waals surface area contributed by atoms with Crippen molar-refractivity contribution in [1.29, 1.82) is 0 Å². The van der Waals surface area contributed by atoms with Gasteiger partial charge in [-0.15, -0.1) is 0 Å². The molecule has 0 saturated carbocycles. The first-order valence-electron chi connectivity index (χ1n) is 11.5. The molecule has 2 aliphatic rings. The van der Waals surface area contributed by atoms with Crippen molar-refractivity contribution in [3.05, 3.63) is 53.5 Å². The highest BCUT2D eigenvalue weighted by Crippen LogP contribution is 2.24. The fourth-order valence-electron chi connectivity index (χ4n) is 4.51. The molecule has 0 aliphatic carbocycles. The second-order valence-electron chi connectivity index (χ2n) is 8.70. The lowest BCUT2D eigenvalue weighted by atomic mass is 10.00. The number of nitrogens with zero attached hydrogens (tertiary/aromatic N) is 3. The Morgan fingerprint density at radius 2 is 2.19 bits per heavy atom. The Balaban J connectivity index is 1.22. The summed E-state index contributed by atoms with van der Waals surface area (Å²) in [5, 5.41) is 15.5. The number of aromatic nitrogens is 2. The summed E-state index contributed by atoms with van der Waals surface area (Å²) in [6, 6.07) is 8.44. The fraction of sp³-hybridized carbons (Fsp3) is 0.500. The molecule has 0 spiro atoms. The molecule has 8 heteroatoms. The van der Waals surface area contributed by atoms with Crippen molar-refractivity contribution in [3.8, 4) is 0 Å². The molecule has 3 N–H and O–H groups in total. The highest BCUT2D eigenvalue weighted by atomic mass is 16.4. The maximum absolute atomic E-state index is 12.3. The number of anilines is 1. The maximum atomic E-state index is 12.3. The van der Waals surface area contributed by atoms with Crippen molar-refractivity contribution < 1.29 is 14.7 Å². The number of carbonyl (C=O) groups is 2. The predicted molar refractivity (Wildman–Crippen MR) is 122 cm³/mol. The molecule has 170 valence electrons. The van der Waals surface area contributed by atoms with Gasteiger partial charge in [0.1, 0.15) is 17.6 Å². The zero-order valence-corrected chi connectivity index (χ0v) is 18.3. The van der Waals surface area contributed by atoms with Gasteiger partial charge in [-0.05, 0) is 74.8 Å². The summed E-state index contributed by atoms with van der Waals surface area (Å²) in [7, 11) is 0. The van der Waals surface area contributed by atoms with E-state index in [0.29, 0.717) is 18.9 Å². The van der Waals surface area contributed by atoms with Crippen LogP contribution in [0.2, 0.25) is 0 Å². The van der Waals surface area contributed by atoms with Crippen LogP contribution in [0.15, 0.2) is 36.5 Å². The number of aliphatic carboxylic acids is 1. The zero-order valence-electron chi connectivity index (χ0n) is 18.3. The SMILES string of the molecule is O=C(NC(CCN1CC[C@@H](CCc2ccc3c(n2)NCCC3)C1)C(=O)O)c1ccccn1. The molecule has 1 unspecified atom stereocenters. The van der Waals surface area contributed by atoms with Gasteiger partial charge < -0.3 is 20.6 Å². The normalized spacial score (nSPS) is 19.1. The van der Waals surface area contributed by atoms with Crippen LogP contribution in [0.4, 0.5) is 5.82 Å². The molecule has 2 atom stereocenters. The third kappa shape index (κ3) is 5.82. The summed E-state index contributed by atoms with van der Waals surface area (Å²) >= 11 is 0.